The first-order valence-corrected chi connectivity index (χ1v) is 5.00. The highest BCUT2D eigenvalue weighted by molar-refractivity contribution is 5.34. The van der Waals surface area contributed by atoms with Gasteiger partial charge in [0.15, 0.2) is 0 Å². The highest BCUT2D eigenvalue weighted by Gasteiger charge is 1.68. The quantitative estimate of drug-likeness (QED) is 0.546. The van der Waals surface area contributed by atoms with Crippen LogP contribution in [0, 0.1) is 23.7 Å². The van der Waals surface area contributed by atoms with Crippen LogP contribution in [0.4, 0.5) is 0 Å². The van der Waals surface area contributed by atoms with Crippen molar-refractivity contribution in [3.63, 3.8) is 0 Å². The molecule has 0 fully saturated rings. The summed E-state index contributed by atoms with van der Waals surface area (Å²) in [4.78, 5) is 0. The Balaban J connectivity index is 3.77. The van der Waals surface area contributed by atoms with E-state index in [0.29, 0.717) is 0 Å². The van der Waals surface area contributed by atoms with E-state index < -0.39 is 0 Å². The van der Waals surface area contributed by atoms with Crippen LogP contribution in [0.1, 0.15) is 19.8 Å². The molecule has 0 saturated heterocycles. The summed E-state index contributed by atoms with van der Waals surface area (Å²) < 4.78 is 0. The minimum atomic E-state index is 0.0181. The summed E-state index contributed by atoms with van der Waals surface area (Å²) in [7, 11) is 0. The largest absolute Gasteiger partial charge is 0.392 e. The molecule has 78 valence electrons. The van der Waals surface area contributed by atoms with Gasteiger partial charge in [0.05, 0.1) is 6.61 Å². The standard InChI is InChI=1S/C14H16O/c1-2-3-4-5-6-7-8-9-10-11-12-13-14-15/h4-7,12-13,15H,2-3,14H2,1H3. The Morgan fingerprint density at radius 3 is 2.40 bits per heavy atom. The molecule has 0 atom stereocenters. The summed E-state index contributed by atoms with van der Waals surface area (Å²) in [6, 6.07) is 0. The average molecular weight is 200 g/mol. The molecule has 0 bridgehead atoms. The van der Waals surface area contributed by atoms with Crippen LogP contribution in [0.15, 0.2) is 36.5 Å². The van der Waals surface area contributed by atoms with Gasteiger partial charge in [0, 0.05) is 0 Å². The summed E-state index contributed by atoms with van der Waals surface area (Å²) in [6.07, 6.45) is 13.2. The highest BCUT2D eigenvalue weighted by Crippen LogP contribution is 1.88. The van der Waals surface area contributed by atoms with Crippen molar-refractivity contribution in [1.29, 1.82) is 0 Å². The van der Waals surface area contributed by atoms with Gasteiger partial charge in [-0.25, -0.2) is 0 Å². The first-order chi connectivity index (χ1) is 7.41. The first kappa shape index (κ1) is 13.3. The lowest BCUT2D eigenvalue weighted by Crippen LogP contribution is -1.67. The second kappa shape index (κ2) is 12.3. The third-order valence-electron chi connectivity index (χ3n) is 1.40. The normalized spacial score (nSPS) is 10.3. The van der Waals surface area contributed by atoms with Crippen molar-refractivity contribution in [2.75, 3.05) is 6.61 Å². The van der Waals surface area contributed by atoms with E-state index in [1.807, 2.05) is 12.2 Å². The molecule has 0 aliphatic heterocycles. The van der Waals surface area contributed by atoms with Crippen molar-refractivity contribution in [3.8, 4) is 23.7 Å². The molecule has 0 aromatic rings. The monoisotopic (exact) mass is 200 g/mol. The van der Waals surface area contributed by atoms with Gasteiger partial charge in [0.25, 0.3) is 0 Å². The van der Waals surface area contributed by atoms with E-state index in [9.17, 15) is 0 Å². The lowest BCUT2D eigenvalue weighted by atomic mass is 10.3. The molecule has 0 aliphatic carbocycles. The van der Waals surface area contributed by atoms with Crippen LogP contribution in [0.3, 0.4) is 0 Å². The van der Waals surface area contributed by atoms with E-state index in [4.69, 9.17) is 5.11 Å². The molecule has 0 aliphatic rings. The van der Waals surface area contributed by atoms with E-state index in [0.717, 1.165) is 6.42 Å². The fraction of sp³-hybridized carbons (Fsp3) is 0.286. The van der Waals surface area contributed by atoms with Crippen LogP contribution in [-0.2, 0) is 0 Å². The Morgan fingerprint density at radius 2 is 1.73 bits per heavy atom. The van der Waals surface area contributed by atoms with Crippen molar-refractivity contribution < 1.29 is 5.11 Å². The summed E-state index contributed by atoms with van der Waals surface area (Å²) in [5.41, 5.74) is 0. The molecule has 0 rings (SSSR count). The summed E-state index contributed by atoms with van der Waals surface area (Å²) >= 11 is 0. The second-order valence-electron chi connectivity index (χ2n) is 2.70. The number of rotatable bonds is 4. The molecule has 0 amide bonds. The van der Waals surface area contributed by atoms with Crippen LogP contribution in [0.5, 0.6) is 0 Å². The number of aliphatic hydroxyl groups excluding tert-OH is 1. The zero-order chi connectivity index (χ0) is 11.2. The van der Waals surface area contributed by atoms with Crippen LogP contribution < -0.4 is 0 Å². The van der Waals surface area contributed by atoms with Crippen molar-refractivity contribution in [2.45, 2.75) is 19.8 Å². The van der Waals surface area contributed by atoms with Gasteiger partial charge in [0.2, 0.25) is 0 Å². The summed E-state index contributed by atoms with van der Waals surface area (Å²) in [5.74, 6) is 10.8. The predicted molar refractivity (Wildman–Crippen MR) is 65.0 cm³/mol. The minimum Gasteiger partial charge on any atom is -0.392 e. The van der Waals surface area contributed by atoms with E-state index >= 15 is 0 Å². The van der Waals surface area contributed by atoms with Gasteiger partial charge in [-0.3, -0.25) is 0 Å². The maximum atomic E-state index is 8.40. The topological polar surface area (TPSA) is 20.2 Å². The molecule has 0 aromatic heterocycles. The Morgan fingerprint density at radius 1 is 1.00 bits per heavy atom. The smallest absolute Gasteiger partial charge is 0.0621 e. The van der Waals surface area contributed by atoms with Gasteiger partial charge in [-0.05, 0) is 30.4 Å². The van der Waals surface area contributed by atoms with Gasteiger partial charge < -0.3 is 5.11 Å². The predicted octanol–water partition coefficient (Wildman–Crippen LogP) is 2.45. The van der Waals surface area contributed by atoms with E-state index in [-0.39, 0.29) is 6.61 Å². The minimum absolute atomic E-state index is 0.0181. The van der Waals surface area contributed by atoms with Crippen molar-refractivity contribution in [3.05, 3.63) is 36.5 Å². The molecule has 0 saturated carbocycles. The summed E-state index contributed by atoms with van der Waals surface area (Å²) in [5, 5.41) is 8.40. The van der Waals surface area contributed by atoms with E-state index in [2.05, 4.69) is 36.7 Å². The maximum absolute atomic E-state index is 8.40. The number of hydrogen-bond donors (Lipinski definition) is 1. The van der Waals surface area contributed by atoms with Crippen LogP contribution in [-0.4, -0.2) is 11.7 Å². The molecule has 0 radical (unpaired) electrons. The van der Waals surface area contributed by atoms with Crippen molar-refractivity contribution in [2.24, 2.45) is 0 Å². The van der Waals surface area contributed by atoms with Crippen LogP contribution >= 0.6 is 0 Å². The molecule has 0 spiro atoms. The lowest BCUT2D eigenvalue weighted by molar-refractivity contribution is 0.343. The first-order valence-electron chi connectivity index (χ1n) is 5.00. The molecular weight excluding hydrogens is 184 g/mol. The molecule has 1 N–H and O–H groups in total. The third-order valence-corrected chi connectivity index (χ3v) is 1.40. The summed E-state index contributed by atoms with van der Waals surface area (Å²) in [6.45, 7) is 2.16. The Bertz CT molecular complexity index is 337. The molecule has 1 nitrogen and oxygen atoms in total. The molecule has 1 heteroatoms. The Labute approximate surface area is 92.2 Å². The van der Waals surface area contributed by atoms with E-state index in [1.54, 1.807) is 18.2 Å². The number of hydrogen-bond acceptors (Lipinski definition) is 1. The van der Waals surface area contributed by atoms with Crippen LogP contribution in [0.2, 0.25) is 0 Å². The Kier molecular flexibility index (Phi) is 10.9. The van der Waals surface area contributed by atoms with Gasteiger partial charge in [-0.2, -0.15) is 0 Å². The molecule has 15 heavy (non-hydrogen) atoms. The fourth-order valence-electron chi connectivity index (χ4n) is 0.712. The van der Waals surface area contributed by atoms with Crippen LogP contribution in [0.25, 0.3) is 0 Å². The maximum Gasteiger partial charge on any atom is 0.0621 e. The molecular formula is C14H16O. The second-order valence-corrected chi connectivity index (χ2v) is 2.70. The highest BCUT2D eigenvalue weighted by atomic mass is 16.2. The zero-order valence-electron chi connectivity index (χ0n) is 9.03. The van der Waals surface area contributed by atoms with Gasteiger partial charge >= 0.3 is 0 Å². The average Bonchev–Trinajstić information content (AvgIpc) is 2.26. The van der Waals surface area contributed by atoms with Crippen molar-refractivity contribution in [1.82, 2.24) is 0 Å². The SMILES string of the molecule is CCCC=CC=CC#CC#CC=CCO. The van der Waals surface area contributed by atoms with E-state index in [1.165, 1.54) is 6.42 Å². The Hall–Kier alpha value is -1.70. The zero-order valence-corrected chi connectivity index (χ0v) is 9.03. The van der Waals surface area contributed by atoms with Gasteiger partial charge in [-0.15, -0.1) is 0 Å². The molecule has 0 unspecified atom stereocenters. The lowest BCUT2D eigenvalue weighted by Gasteiger charge is -1.78. The van der Waals surface area contributed by atoms with Crippen molar-refractivity contribution >= 4 is 0 Å². The fourth-order valence-corrected chi connectivity index (χ4v) is 0.712. The number of aliphatic hydroxyl groups is 1. The van der Waals surface area contributed by atoms with Gasteiger partial charge in [0.1, 0.15) is 0 Å². The number of allylic oxidation sites excluding steroid dienone is 5. The van der Waals surface area contributed by atoms with Gasteiger partial charge in [-0.1, -0.05) is 49.5 Å². The number of unbranched alkanes of at least 4 members (excludes halogenated alkanes) is 1. The molecule has 0 heterocycles. The third kappa shape index (κ3) is 12.3. The molecule has 0 aromatic carbocycles.